The molecule has 130 valence electrons. The number of fused-ring (bicyclic) bond motifs is 1. The molecule has 2 heterocycles. The maximum atomic E-state index is 12.4. The van der Waals surface area contributed by atoms with Gasteiger partial charge < -0.3 is 20.0 Å². The van der Waals surface area contributed by atoms with Crippen molar-refractivity contribution < 1.29 is 14.1 Å². The van der Waals surface area contributed by atoms with E-state index in [2.05, 4.69) is 15.1 Å². The summed E-state index contributed by atoms with van der Waals surface area (Å²) in [6.07, 6.45) is 0. The summed E-state index contributed by atoms with van der Waals surface area (Å²) in [5.74, 6) is 1.05. The van der Waals surface area contributed by atoms with E-state index in [0.29, 0.717) is 17.2 Å². The molecule has 0 aliphatic carbocycles. The van der Waals surface area contributed by atoms with Gasteiger partial charge in [-0.25, -0.2) is 9.79 Å². The molecule has 0 fully saturated rings. The van der Waals surface area contributed by atoms with Gasteiger partial charge in [0, 0.05) is 16.5 Å². The van der Waals surface area contributed by atoms with Crippen LogP contribution < -0.4 is 5.73 Å². The molecule has 3 N–H and O–H groups in total. The molecule has 0 radical (unpaired) electrons. The Bertz CT molecular complexity index is 958. The Balaban J connectivity index is 2.21. The van der Waals surface area contributed by atoms with Crippen molar-refractivity contribution in [3.63, 3.8) is 0 Å². The molecule has 1 aromatic carbocycles. The molecule has 3 rings (SSSR count). The van der Waals surface area contributed by atoms with Crippen LogP contribution in [-0.4, -0.2) is 28.6 Å². The van der Waals surface area contributed by atoms with Crippen molar-refractivity contribution in [1.29, 1.82) is 0 Å². The molecule has 0 aliphatic heterocycles. The molecule has 0 aliphatic rings. The van der Waals surface area contributed by atoms with Gasteiger partial charge in [-0.1, -0.05) is 17.3 Å². The molecular formula is C18H20N4O3. The molecule has 3 aromatic rings. The normalized spacial score (nSPS) is 11.9. The van der Waals surface area contributed by atoms with Gasteiger partial charge in [-0.05, 0) is 39.3 Å². The van der Waals surface area contributed by atoms with Crippen molar-refractivity contribution in [1.82, 2.24) is 10.1 Å². The van der Waals surface area contributed by atoms with Gasteiger partial charge in [0.2, 0.25) is 0 Å². The fourth-order valence-corrected chi connectivity index (χ4v) is 2.90. The lowest BCUT2D eigenvalue weighted by Crippen LogP contribution is -2.07. The molecule has 7 heteroatoms. The van der Waals surface area contributed by atoms with Crippen LogP contribution in [0.15, 0.2) is 27.7 Å². The van der Waals surface area contributed by atoms with Gasteiger partial charge >= 0.3 is 5.97 Å². The van der Waals surface area contributed by atoms with Crippen LogP contribution in [0.4, 0.5) is 5.82 Å². The SMILES string of the molecule is CCOC(=O)c1c(/N=C(\C)N)[nH]c2cc(-c3c(C)noc3C)ccc12. The quantitative estimate of drug-likeness (QED) is 0.428. The number of aromatic nitrogens is 2. The van der Waals surface area contributed by atoms with Gasteiger partial charge in [0.05, 0.1) is 18.1 Å². The fraction of sp³-hybridized carbons (Fsp3) is 0.278. The van der Waals surface area contributed by atoms with Crippen molar-refractivity contribution in [3.05, 3.63) is 35.2 Å². The molecule has 2 aromatic heterocycles. The number of ether oxygens (including phenoxy) is 1. The Morgan fingerprint density at radius 3 is 2.76 bits per heavy atom. The highest BCUT2D eigenvalue weighted by Crippen LogP contribution is 2.34. The highest BCUT2D eigenvalue weighted by Gasteiger charge is 2.21. The number of H-pyrrole nitrogens is 1. The lowest BCUT2D eigenvalue weighted by atomic mass is 10.0. The van der Waals surface area contributed by atoms with Crippen LogP contribution in [0.1, 0.15) is 35.7 Å². The summed E-state index contributed by atoms with van der Waals surface area (Å²) in [5.41, 5.74) is 9.53. The second kappa shape index (κ2) is 6.43. The molecule has 0 saturated heterocycles. The monoisotopic (exact) mass is 340 g/mol. The molecule has 0 spiro atoms. The van der Waals surface area contributed by atoms with Crippen LogP contribution >= 0.6 is 0 Å². The summed E-state index contributed by atoms with van der Waals surface area (Å²) in [7, 11) is 0. The minimum Gasteiger partial charge on any atom is -0.462 e. The number of benzene rings is 1. The Morgan fingerprint density at radius 2 is 2.16 bits per heavy atom. The fourth-order valence-electron chi connectivity index (χ4n) is 2.90. The van der Waals surface area contributed by atoms with Gasteiger partial charge in [0.1, 0.15) is 17.1 Å². The number of nitrogens with two attached hydrogens (primary N) is 1. The van der Waals surface area contributed by atoms with E-state index in [1.165, 1.54) is 0 Å². The Labute approximate surface area is 144 Å². The summed E-state index contributed by atoms with van der Waals surface area (Å²) in [4.78, 5) is 19.8. The zero-order valence-electron chi connectivity index (χ0n) is 14.6. The van der Waals surface area contributed by atoms with Gasteiger partial charge in [0.15, 0.2) is 0 Å². The third kappa shape index (κ3) is 3.00. The molecule has 0 amide bonds. The first-order valence-electron chi connectivity index (χ1n) is 7.99. The smallest absolute Gasteiger partial charge is 0.342 e. The number of aromatic amines is 1. The van der Waals surface area contributed by atoms with E-state index in [1.54, 1.807) is 13.8 Å². The number of aryl methyl sites for hydroxylation is 2. The predicted octanol–water partition coefficient (Wildman–Crippen LogP) is 3.63. The van der Waals surface area contributed by atoms with E-state index in [0.717, 1.165) is 33.5 Å². The van der Waals surface area contributed by atoms with E-state index in [-0.39, 0.29) is 6.61 Å². The lowest BCUT2D eigenvalue weighted by Gasteiger charge is -2.03. The first-order chi connectivity index (χ1) is 11.9. The Morgan fingerprint density at radius 1 is 1.40 bits per heavy atom. The van der Waals surface area contributed by atoms with E-state index in [4.69, 9.17) is 15.0 Å². The predicted molar refractivity (Wildman–Crippen MR) is 96.2 cm³/mol. The molecule has 25 heavy (non-hydrogen) atoms. The number of hydrogen-bond donors (Lipinski definition) is 2. The van der Waals surface area contributed by atoms with E-state index < -0.39 is 5.97 Å². The number of rotatable bonds is 4. The topological polar surface area (TPSA) is 106 Å². The number of esters is 1. The average Bonchev–Trinajstić information content (AvgIpc) is 3.05. The average molecular weight is 340 g/mol. The second-order valence-corrected chi connectivity index (χ2v) is 5.78. The zero-order chi connectivity index (χ0) is 18.1. The van der Waals surface area contributed by atoms with Crippen molar-refractivity contribution in [2.24, 2.45) is 10.7 Å². The highest BCUT2D eigenvalue weighted by molar-refractivity contribution is 6.10. The number of amidine groups is 1. The van der Waals surface area contributed by atoms with Gasteiger partial charge in [0.25, 0.3) is 0 Å². The summed E-state index contributed by atoms with van der Waals surface area (Å²) in [6.45, 7) is 7.47. The molecule has 0 bridgehead atoms. The zero-order valence-corrected chi connectivity index (χ0v) is 14.6. The Hall–Kier alpha value is -3.09. The number of aliphatic imine (C=N–C) groups is 1. The van der Waals surface area contributed by atoms with Gasteiger partial charge in [-0.3, -0.25) is 0 Å². The largest absolute Gasteiger partial charge is 0.462 e. The lowest BCUT2D eigenvalue weighted by molar-refractivity contribution is 0.0530. The number of carbonyl (C=O) groups is 1. The Kier molecular flexibility index (Phi) is 4.31. The van der Waals surface area contributed by atoms with Gasteiger partial charge in [-0.2, -0.15) is 0 Å². The van der Waals surface area contributed by atoms with Crippen LogP contribution in [0.25, 0.3) is 22.0 Å². The highest BCUT2D eigenvalue weighted by atomic mass is 16.5. The number of hydrogen-bond acceptors (Lipinski definition) is 5. The third-order valence-corrected chi connectivity index (χ3v) is 3.87. The summed E-state index contributed by atoms with van der Waals surface area (Å²) >= 11 is 0. The van der Waals surface area contributed by atoms with Crippen molar-refractivity contribution in [2.75, 3.05) is 6.61 Å². The summed E-state index contributed by atoms with van der Waals surface area (Å²) in [6, 6.07) is 5.73. The standard InChI is InChI=1S/C18H20N4O3/c1-5-24-18(23)16-13-7-6-12(15-9(2)22-25-10(15)3)8-14(13)21-17(16)20-11(4)19/h6-8,21H,5H2,1-4H3,(H2,19,20). The molecule has 0 saturated carbocycles. The third-order valence-electron chi connectivity index (χ3n) is 3.87. The van der Waals surface area contributed by atoms with E-state index in [9.17, 15) is 4.79 Å². The minimum atomic E-state index is -0.432. The maximum absolute atomic E-state index is 12.4. The van der Waals surface area contributed by atoms with Gasteiger partial charge in [-0.15, -0.1) is 0 Å². The van der Waals surface area contributed by atoms with Crippen LogP contribution in [0.3, 0.4) is 0 Å². The second-order valence-electron chi connectivity index (χ2n) is 5.78. The minimum absolute atomic E-state index is 0.285. The van der Waals surface area contributed by atoms with Crippen molar-refractivity contribution in [3.8, 4) is 11.1 Å². The molecule has 7 nitrogen and oxygen atoms in total. The summed E-state index contributed by atoms with van der Waals surface area (Å²) in [5, 5.41) is 4.72. The van der Waals surface area contributed by atoms with Crippen LogP contribution in [-0.2, 0) is 4.74 Å². The first kappa shape index (κ1) is 16.8. The summed E-state index contributed by atoms with van der Waals surface area (Å²) < 4.78 is 10.4. The van der Waals surface area contributed by atoms with Crippen LogP contribution in [0.5, 0.6) is 0 Å². The van der Waals surface area contributed by atoms with Crippen molar-refractivity contribution in [2.45, 2.75) is 27.7 Å². The number of nitrogens with zero attached hydrogens (tertiary/aromatic N) is 2. The number of nitrogens with one attached hydrogen (secondary N) is 1. The van der Waals surface area contributed by atoms with Crippen molar-refractivity contribution >= 4 is 28.5 Å². The first-order valence-corrected chi connectivity index (χ1v) is 7.99. The maximum Gasteiger partial charge on any atom is 0.342 e. The van der Waals surface area contributed by atoms with E-state index in [1.807, 2.05) is 32.0 Å². The molecule has 0 atom stereocenters. The molecular weight excluding hydrogens is 320 g/mol. The number of carbonyl (C=O) groups excluding carboxylic acids is 1. The van der Waals surface area contributed by atoms with Crippen LogP contribution in [0.2, 0.25) is 0 Å². The van der Waals surface area contributed by atoms with Crippen LogP contribution in [0, 0.1) is 13.8 Å². The van der Waals surface area contributed by atoms with E-state index >= 15 is 0 Å². The molecule has 0 unspecified atom stereocenters.